The maximum Gasteiger partial charge on any atom is 0.188 e. The lowest BCUT2D eigenvalue weighted by Crippen LogP contribution is -2.32. The molecular weight excluding hydrogens is 276 g/mol. The summed E-state index contributed by atoms with van der Waals surface area (Å²) in [7, 11) is 0. The lowest BCUT2D eigenvalue weighted by Gasteiger charge is -2.06. The van der Waals surface area contributed by atoms with Gasteiger partial charge in [0.05, 0.1) is 18.4 Å². The molecular formula is C16H26N6. The van der Waals surface area contributed by atoms with Crippen molar-refractivity contribution in [2.75, 3.05) is 6.54 Å². The van der Waals surface area contributed by atoms with Gasteiger partial charge >= 0.3 is 0 Å². The second-order valence-electron chi connectivity index (χ2n) is 5.43. The number of rotatable bonds is 9. The van der Waals surface area contributed by atoms with Crippen LogP contribution in [-0.4, -0.2) is 27.1 Å². The van der Waals surface area contributed by atoms with Crippen molar-refractivity contribution in [2.45, 2.75) is 52.0 Å². The van der Waals surface area contributed by atoms with Gasteiger partial charge in [0.1, 0.15) is 0 Å². The molecule has 0 atom stereocenters. The molecule has 0 radical (unpaired) electrons. The topological polar surface area (TPSA) is 80.6 Å². The summed E-state index contributed by atoms with van der Waals surface area (Å²) >= 11 is 0. The molecule has 3 N–H and O–H groups in total. The van der Waals surface area contributed by atoms with Gasteiger partial charge in [0.25, 0.3) is 0 Å². The third-order valence-corrected chi connectivity index (χ3v) is 3.62. The third-order valence-electron chi connectivity index (χ3n) is 3.62. The highest BCUT2D eigenvalue weighted by molar-refractivity contribution is 5.77. The first-order chi connectivity index (χ1) is 10.8. The van der Waals surface area contributed by atoms with Gasteiger partial charge in [-0.05, 0) is 12.5 Å². The largest absolute Gasteiger partial charge is 0.370 e. The molecule has 6 heteroatoms. The minimum atomic E-state index is 0.491. The Kier molecular flexibility index (Phi) is 6.67. The molecule has 22 heavy (non-hydrogen) atoms. The summed E-state index contributed by atoms with van der Waals surface area (Å²) in [5.74, 6) is 0.491. The number of hydrogen-bond acceptors (Lipinski definition) is 3. The summed E-state index contributed by atoms with van der Waals surface area (Å²) in [6, 6.07) is 3.78. The highest BCUT2D eigenvalue weighted by atomic mass is 15.3. The molecule has 0 bridgehead atoms. The number of nitrogens with two attached hydrogens (primary N) is 1. The summed E-state index contributed by atoms with van der Waals surface area (Å²) in [6.45, 7) is 3.61. The second-order valence-corrected chi connectivity index (χ2v) is 5.43. The second kappa shape index (κ2) is 9.02. The molecule has 0 aliphatic rings. The van der Waals surface area contributed by atoms with E-state index in [0.717, 1.165) is 24.3 Å². The van der Waals surface area contributed by atoms with Crippen molar-refractivity contribution in [3.63, 3.8) is 0 Å². The van der Waals surface area contributed by atoms with E-state index in [1.54, 1.807) is 16.9 Å². The molecule has 0 spiro atoms. The average molecular weight is 302 g/mol. The maximum absolute atomic E-state index is 5.90. The fourth-order valence-electron chi connectivity index (χ4n) is 2.35. The van der Waals surface area contributed by atoms with Crippen molar-refractivity contribution in [3.8, 4) is 0 Å². The van der Waals surface area contributed by atoms with E-state index in [0.29, 0.717) is 12.5 Å². The lowest BCUT2D eigenvalue weighted by atomic mass is 10.1. The first kappa shape index (κ1) is 16.3. The molecule has 2 aromatic heterocycles. The smallest absolute Gasteiger partial charge is 0.188 e. The Hall–Kier alpha value is -2.11. The van der Waals surface area contributed by atoms with Crippen LogP contribution in [0.3, 0.4) is 0 Å². The van der Waals surface area contributed by atoms with Crippen molar-refractivity contribution in [1.29, 1.82) is 0 Å². The van der Waals surface area contributed by atoms with Crippen LogP contribution in [0.2, 0.25) is 0 Å². The number of nitrogens with one attached hydrogen (secondary N) is 1. The maximum atomic E-state index is 5.90. The summed E-state index contributed by atoms with van der Waals surface area (Å²) in [4.78, 5) is 8.59. The Morgan fingerprint density at radius 1 is 1.18 bits per heavy atom. The van der Waals surface area contributed by atoms with E-state index in [9.17, 15) is 0 Å². The summed E-state index contributed by atoms with van der Waals surface area (Å²) in [6.07, 6.45) is 11.2. The SMILES string of the molecule is CCCCCCCCNC(N)=NCc1ccnc2ccnn12. The van der Waals surface area contributed by atoms with E-state index in [1.807, 2.05) is 12.1 Å². The Morgan fingerprint density at radius 2 is 2.00 bits per heavy atom. The zero-order chi connectivity index (χ0) is 15.6. The van der Waals surface area contributed by atoms with Crippen molar-refractivity contribution in [3.05, 3.63) is 30.2 Å². The predicted molar refractivity (Wildman–Crippen MR) is 89.7 cm³/mol. The van der Waals surface area contributed by atoms with Crippen LogP contribution in [-0.2, 0) is 6.54 Å². The quantitative estimate of drug-likeness (QED) is 0.424. The van der Waals surface area contributed by atoms with Gasteiger partial charge in [0.2, 0.25) is 0 Å². The van der Waals surface area contributed by atoms with Gasteiger partial charge in [0, 0.05) is 18.8 Å². The minimum Gasteiger partial charge on any atom is -0.370 e. The van der Waals surface area contributed by atoms with E-state index in [4.69, 9.17) is 5.73 Å². The zero-order valence-electron chi connectivity index (χ0n) is 13.3. The highest BCUT2D eigenvalue weighted by Crippen LogP contribution is 2.05. The Bertz CT molecular complexity index is 589. The number of guanidine groups is 1. The van der Waals surface area contributed by atoms with Crippen molar-refractivity contribution in [1.82, 2.24) is 19.9 Å². The molecule has 2 rings (SSSR count). The third kappa shape index (κ3) is 5.02. The summed E-state index contributed by atoms with van der Waals surface area (Å²) in [5.41, 5.74) is 7.69. The molecule has 0 aromatic carbocycles. The zero-order valence-corrected chi connectivity index (χ0v) is 13.3. The summed E-state index contributed by atoms with van der Waals surface area (Å²) < 4.78 is 1.78. The molecule has 2 heterocycles. The monoisotopic (exact) mass is 302 g/mol. The van der Waals surface area contributed by atoms with Crippen LogP contribution in [0.15, 0.2) is 29.5 Å². The fourth-order valence-corrected chi connectivity index (χ4v) is 2.35. The minimum absolute atomic E-state index is 0.491. The van der Waals surface area contributed by atoms with Crippen LogP contribution in [0.1, 0.15) is 51.1 Å². The van der Waals surface area contributed by atoms with Crippen LogP contribution < -0.4 is 11.1 Å². The molecule has 120 valence electrons. The van der Waals surface area contributed by atoms with Crippen molar-refractivity contribution in [2.24, 2.45) is 10.7 Å². The average Bonchev–Trinajstić information content (AvgIpc) is 3.01. The van der Waals surface area contributed by atoms with Crippen LogP contribution in [0.25, 0.3) is 5.65 Å². The van der Waals surface area contributed by atoms with Gasteiger partial charge in [-0.15, -0.1) is 0 Å². The van der Waals surface area contributed by atoms with E-state index >= 15 is 0 Å². The van der Waals surface area contributed by atoms with E-state index in [-0.39, 0.29) is 0 Å². The number of fused-ring (bicyclic) bond motifs is 1. The molecule has 0 saturated heterocycles. The normalized spacial score (nSPS) is 12.0. The molecule has 0 aliphatic heterocycles. The number of aromatic nitrogens is 3. The Balaban J connectivity index is 1.70. The molecule has 0 fully saturated rings. The summed E-state index contributed by atoms with van der Waals surface area (Å²) in [5, 5.41) is 7.40. The van der Waals surface area contributed by atoms with Gasteiger partial charge < -0.3 is 11.1 Å². The van der Waals surface area contributed by atoms with Crippen LogP contribution in [0.5, 0.6) is 0 Å². The number of nitrogens with zero attached hydrogens (tertiary/aromatic N) is 4. The molecule has 0 amide bonds. The molecule has 2 aromatic rings. The first-order valence-corrected chi connectivity index (χ1v) is 8.12. The number of hydrogen-bond donors (Lipinski definition) is 2. The van der Waals surface area contributed by atoms with E-state index in [1.165, 1.54) is 32.1 Å². The Morgan fingerprint density at radius 3 is 2.86 bits per heavy atom. The molecule has 0 unspecified atom stereocenters. The van der Waals surface area contributed by atoms with E-state index < -0.39 is 0 Å². The van der Waals surface area contributed by atoms with Gasteiger partial charge in [0.15, 0.2) is 11.6 Å². The van der Waals surface area contributed by atoms with Crippen LogP contribution in [0.4, 0.5) is 0 Å². The van der Waals surface area contributed by atoms with Gasteiger partial charge in [-0.1, -0.05) is 39.0 Å². The lowest BCUT2D eigenvalue weighted by molar-refractivity contribution is 0.601. The van der Waals surface area contributed by atoms with Gasteiger partial charge in [-0.25, -0.2) is 14.5 Å². The van der Waals surface area contributed by atoms with Crippen molar-refractivity contribution < 1.29 is 0 Å². The van der Waals surface area contributed by atoms with E-state index in [2.05, 4.69) is 27.3 Å². The van der Waals surface area contributed by atoms with Crippen LogP contribution in [0, 0.1) is 0 Å². The molecule has 6 nitrogen and oxygen atoms in total. The highest BCUT2D eigenvalue weighted by Gasteiger charge is 2.01. The Labute approximate surface area is 131 Å². The number of unbranched alkanes of at least 4 members (excludes halogenated alkanes) is 5. The van der Waals surface area contributed by atoms with Crippen molar-refractivity contribution >= 4 is 11.6 Å². The fraction of sp³-hybridized carbons (Fsp3) is 0.562. The van der Waals surface area contributed by atoms with Gasteiger partial charge in [-0.2, -0.15) is 5.10 Å². The molecule has 0 saturated carbocycles. The standard InChI is InChI=1S/C16H26N6/c1-2-3-4-5-6-7-10-19-16(17)20-13-14-8-11-18-15-9-12-21-22(14)15/h8-9,11-12H,2-7,10,13H2,1H3,(H3,17,19,20). The molecule has 0 aliphatic carbocycles. The van der Waals surface area contributed by atoms with Crippen LogP contribution >= 0.6 is 0 Å². The first-order valence-electron chi connectivity index (χ1n) is 8.12. The van der Waals surface area contributed by atoms with Gasteiger partial charge in [-0.3, -0.25) is 0 Å². The predicted octanol–water partition coefficient (Wildman–Crippen LogP) is 2.49. The number of aliphatic imine (C=N–C) groups is 1.